The van der Waals surface area contributed by atoms with Gasteiger partial charge in [0.15, 0.2) is 0 Å². The molecule has 1 aromatic rings. The second-order valence-corrected chi connectivity index (χ2v) is 5.52. The summed E-state index contributed by atoms with van der Waals surface area (Å²) in [7, 11) is 0. The van der Waals surface area contributed by atoms with Crippen LogP contribution in [-0.2, 0) is 9.53 Å². The van der Waals surface area contributed by atoms with Crippen LogP contribution in [0.5, 0.6) is 0 Å². The molecular weight excluding hydrogens is 238 g/mol. The van der Waals surface area contributed by atoms with Crippen molar-refractivity contribution in [2.24, 2.45) is 0 Å². The first kappa shape index (κ1) is 13.7. The van der Waals surface area contributed by atoms with E-state index in [2.05, 4.69) is 5.32 Å². The largest absolute Gasteiger partial charge is 0.458 e. The van der Waals surface area contributed by atoms with Crippen molar-refractivity contribution in [1.82, 2.24) is 5.32 Å². The highest BCUT2D eigenvalue weighted by Crippen LogP contribution is 2.09. The zero-order valence-corrected chi connectivity index (χ0v) is 11.3. The molecule has 0 fully saturated rings. The molecule has 1 amide bonds. The standard InChI is InChI=1S/C12H17NO3S/c1-8(11(15)16-12(2,3)4)13-10(14)9-5-6-17-7-9/h5-8H,1-4H3,(H,13,14)/t8-/m0/s1. The minimum atomic E-state index is -0.651. The van der Waals surface area contributed by atoms with Crippen molar-refractivity contribution >= 4 is 23.2 Å². The number of carbonyl (C=O) groups is 2. The summed E-state index contributed by atoms with van der Waals surface area (Å²) in [6.45, 7) is 6.98. The summed E-state index contributed by atoms with van der Waals surface area (Å²) >= 11 is 1.44. The summed E-state index contributed by atoms with van der Waals surface area (Å²) in [4.78, 5) is 23.3. The van der Waals surface area contributed by atoms with E-state index in [-0.39, 0.29) is 5.91 Å². The Morgan fingerprint density at radius 3 is 2.53 bits per heavy atom. The lowest BCUT2D eigenvalue weighted by Gasteiger charge is -2.22. The number of ether oxygens (including phenoxy) is 1. The number of rotatable bonds is 3. The van der Waals surface area contributed by atoms with Gasteiger partial charge in [-0.15, -0.1) is 0 Å². The minimum absolute atomic E-state index is 0.260. The van der Waals surface area contributed by atoms with E-state index in [1.165, 1.54) is 11.3 Å². The maximum Gasteiger partial charge on any atom is 0.328 e. The van der Waals surface area contributed by atoms with Crippen LogP contribution in [0.3, 0.4) is 0 Å². The van der Waals surface area contributed by atoms with Crippen LogP contribution in [0.1, 0.15) is 38.1 Å². The Hall–Kier alpha value is -1.36. The van der Waals surface area contributed by atoms with Gasteiger partial charge in [0.1, 0.15) is 11.6 Å². The van der Waals surface area contributed by atoms with Gasteiger partial charge in [0, 0.05) is 5.38 Å². The summed E-state index contributed by atoms with van der Waals surface area (Å²) < 4.78 is 5.17. The molecule has 0 spiro atoms. The number of hydrogen-bond donors (Lipinski definition) is 1. The van der Waals surface area contributed by atoms with Crippen LogP contribution in [0.25, 0.3) is 0 Å². The second kappa shape index (κ2) is 5.31. The van der Waals surface area contributed by atoms with Gasteiger partial charge in [-0.3, -0.25) is 4.79 Å². The van der Waals surface area contributed by atoms with Gasteiger partial charge in [0.2, 0.25) is 0 Å². The molecule has 0 saturated carbocycles. The van der Waals surface area contributed by atoms with Crippen LogP contribution in [0.2, 0.25) is 0 Å². The molecule has 1 N–H and O–H groups in total. The molecule has 1 heterocycles. The molecule has 0 bridgehead atoms. The molecule has 0 aliphatic carbocycles. The summed E-state index contributed by atoms with van der Waals surface area (Å²) in [6.07, 6.45) is 0. The third-order valence-corrected chi connectivity index (χ3v) is 2.57. The predicted octanol–water partition coefficient (Wildman–Crippen LogP) is 2.21. The molecule has 1 aromatic heterocycles. The summed E-state index contributed by atoms with van der Waals surface area (Å²) in [5, 5.41) is 6.14. The molecule has 0 radical (unpaired) electrons. The van der Waals surface area contributed by atoms with E-state index >= 15 is 0 Å². The molecule has 0 aliphatic heterocycles. The third-order valence-electron chi connectivity index (χ3n) is 1.89. The maximum absolute atomic E-state index is 11.7. The summed E-state index contributed by atoms with van der Waals surface area (Å²) in [6, 6.07) is 1.06. The topological polar surface area (TPSA) is 55.4 Å². The highest BCUT2D eigenvalue weighted by Gasteiger charge is 2.23. The van der Waals surface area contributed by atoms with Crippen LogP contribution < -0.4 is 5.32 Å². The normalized spacial score (nSPS) is 12.9. The van der Waals surface area contributed by atoms with E-state index in [4.69, 9.17) is 4.74 Å². The van der Waals surface area contributed by atoms with Crippen molar-refractivity contribution in [2.75, 3.05) is 0 Å². The SMILES string of the molecule is C[C@H](NC(=O)c1ccsc1)C(=O)OC(C)(C)C. The fourth-order valence-corrected chi connectivity index (χ4v) is 1.76. The number of thiophene rings is 1. The van der Waals surface area contributed by atoms with Gasteiger partial charge in [-0.25, -0.2) is 4.79 Å². The molecule has 0 saturated heterocycles. The Morgan fingerprint density at radius 2 is 2.06 bits per heavy atom. The first-order valence-corrected chi connectivity index (χ1v) is 6.30. The second-order valence-electron chi connectivity index (χ2n) is 4.74. The Bertz CT molecular complexity index is 392. The quantitative estimate of drug-likeness (QED) is 0.842. The van der Waals surface area contributed by atoms with E-state index in [1.54, 1.807) is 39.1 Å². The van der Waals surface area contributed by atoms with Gasteiger partial charge in [-0.05, 0) is 39.1 Å². The van der Waals surface area contributed by atoms with Gasteiger partial charge < -0.3 is 10.1 Å². The number of amides is 1. The lowest BCUT2D eigenvalue weighted by molar-refractivity contribution is -0.156. The van der Waals surface area contributed by atoms with Crippen LogP contribution in [0, 0.1) is 0 Å². The van der Waals surface area contributed by atoms with Crippen LogP contribution in [-0.4, -0.2) is 23.5 Å². The third kappa shape index (κ3) is 4.56. The lowest BCUT2D eigenvalue weighted by Crippen LogP contribution is -2.42. The van der Waals surface area contributed by atoms with E-state index in [1.807, 2.05) is 5.38 Å². The van der Waals surface area contributed by atoms with E-state index in [0.29, 0.717) is 5.56 Å². The molecule has 0 unspecified atom stereocenters. The molecule has 5 heteroatoms. The van der Waals surface area contributed by atoms with Crippen molar-refractivity contribution < 1.29 is 14.3 Å². The Kier molecular flexibility index (Phi) is 4.28. The highest BCUT2D eigenvalue weighted by molar-refractivity contribution is 7.08. The van der Waals surface area contributed by atoms with Crippen LogP contribution in [0.4, 0.5) is 0 Å². The Balaban J connectivity index is 2.52. The Labute approximate surface area is 105 Å². The molecule has 17 heavy (non-hydrogen) atoms. The first-order chi connectivity index (χ1) is 7.79. The van der Waals surface area contributed by atoms with E-state index < -0.39 is 17.6 Å². The first-order valence-electron chi connectivity index (χ1n) is 5.35. The predicted molar refractivity (Wildman–Crippen MR) is 67.1 cm³/mol. The fourth-order valence-electron chi connectivity index (χ4n) is 1.12. The number of hydrogen-bond acceptors (Lipinski definition) is 4. The summed E-state index contributed by atoms with van der Waals surface area (Å²) in [5.74, 6) is -0.689. The molecule has 0 aliphatic rings. The van der Waals surface area contributed by atoms with Crippen molar-refractivity contribution in [1.29, 1.82) is 0 Å². The van der Waals surface area contributed by atoms with E-state index in [9.17, 15) is 9.59 Å². The zero-order valence-electron chi connectivity index (χ0n) is 10.4. The smallest absolute Gasteiger partial charge is 0.328 e. The molecule has 1 atom stereocenters. The van der Waals surface area contributed by atoms with Crippen molar-refractivity contribution in [2.45, 2.75) is 39.3 Å². The summed E-state index contributed by atoms with van der Waals surface area (Å²) in [5.41, 5.74) is 0.0174. The van der Waals surface area contributed by atoms with Gasteiger partial charge in [-0.1, -0.05) is 0 Å². The monoisotopic (exact) mass is 255 g/mol. The Morgan fingerprint density at radius 1 is 1.41 bits per heavy atom. The molecule has 1 rings (SSSR count). The van der Waals surface area contributed by atoms with Gasteiger partial charge in [0.25, 0.3) is 5.91 Å². The molecule has 94 valence electrons. The average Bonchev–Trinajstić information content (AvgIpc) is 2.67. The lowest BCUT2D eigenvalue weighted by atomic mass is 10.2. The molecular formula is C12H17NO3S. The average molecular weight is 255 g/mol. The van der Waals surface area contributed by atoms with Crippen molar-refractivity contribution in [3.05, 3.63) is 22.4 Å². The highest BCUT2D eigenvalue weighted by atomic mass is 32.1. The number of esters is 1. The van der Waals surface area contributed by atoms with E-state index in [0.717, 1.165) is 0 Å². The van der Waals surface area contributed by atoms with Crippen LogP contribution >= 0.6 is 11.3 Å². The van der Waals surface area contributed by atoms with Gasteiger partial charge in [-0.2, -0.15) is 11.3 Å². The molecule has 0 aromatic carbocycles. The van der Waals surface area contributed by atoms with Crippen molar-refractivity contribution in [3.63, 3.8) is 0 Å². The zero-order chi connectivity index (χ0) is 13.1. The van der Waals surface area contributed by atoms with Gasteiger partial charge >= 0.3 is 5.97 Å². The molecule has 4 nitrogen and oxygen atoms in total. The van der Waals surface area contributed by atoms with Crippen molar-refractivity contribution in [3.8, 4) is 0 Å². The number of carbonyl (C=O) groups excluding carboxylic acids is 2. The maximum atomic E-state index is 11.7. The fraction of sp³-hybridized carbons (Fsp3) is 0.500. The van der Waals surface area contributed by atoms with Crippen LogP contribution in [0.15, 0.2) is 16.8 Å². The van der Waals surface area contributed by atoms with Gasteiger partial charge in [0.05, 0.1) is 5.56 Å². The minimum Gasteiger partial charge on any atom is -0.458 e. The number of nitrogens with one attached hydrogen (secondary N) is 1.